The van der Waals surface area contributed by atoms with Crippen molar-refractivity contribution in [3.05, 3.63) is 59.9 Å². The third-order valence-corrected chi connectivity index (χ3v) is 3.74. The predicted molar refractivity (Wildman–Crippen MR) is 94.0 cm³/mol. The molecular weight excluding hydrogens is 307 g/mol. The number of amides is 1. The first kappa shape index (κ1) is 17.7. The first-order chi connectivity index (χ1) is 11.5. The maximum atomic E-state index is 13.3. The van der Waals surface area contributed by atoms with Crippen LogP contribution in [0.1, 0.15) is 30.6 Å². The van der Waals surface area contributed by atoms with E-state index in [9.17, 15) is 14.0 Å². The summed E-state index contributed by atoms with van der Waals surface area (Å²) in [5.74, 6) is -0.428. The Morgan fingerprint density at radius 3 is 2.42 bits per heavy atom. The van der Waals surface area contributed by atoms with Crippen molar-refractivity contribution >= 4 is 23.1 Å². The van der Waals surface area contributed by atoms with Crippen LogP contribution in [0.15, 0.2) is 48.5 Å². The molecule has 0 aliphatic heterocycles. The summed E-state index contributed by atoms with van der Waals surface area (Å²) in [6, 6.07) is 13.1. The van der Waals surface area contributed by atoms with Gasteiger partial charge in [-0.25, -0.2) is 4.39 Å². The van der Waals surface area contributed by atoms with Crippen LogP contribution in [0.5, 0.6) is 0 Å². The van der Waals surface area contributed by atoms with Crippen LogP contribution in [-0.2, 0) is 4.79 Å². The lowest BCUT2D eigenvalue weighted by molar-refractivity contribution is -0.116. The standard InChI is InChI=1S/C19H21FN2O2/c1-3-22(18-6-4-5-16(20)13-18)12-11-19(24)21-17-9-7-15(8-10-17)14(2)23/h4-10,13H,3,11-12H2,1-2H3,(H,21,24). The van der Waals surface area contributed by atoms with E-state index in [2.05, 4.69) is 5.32 Å². The van der Waals surface area contributed by atoms with Crippen LogP contribution in [0.2, 0.25) is 0 Å². The Morgan fingerprint density at radius 2 is 1.83 bits per heavy atom. The number of carbonyl (C=O) groups is 2. The molecule has 0 atom stereocenters. The van der Waals surface area contributed by atoms with Crippen molar-refractivity contribution < 1.29 is 14.0 Å². The van der Waals surface area contributed by atoms with Gasteiger partial charge in [-0.1, -0.05) is 6.07 Å². The Kier molecular flexibility index (Phi) is 6.07. The molecule has 0 radical (unpaired) electrons. The molecule has 0 aromatic heterocycles. The summed E-state index contributed by atoms with van der Waals surface area (Å²) < 4.78 is 13.3. The fraction of sp³-hybridized carbons (Fsp3) is 0.263. The molecule has 2 aromatic carbocycles. The molecule has 0 aliphatic rings. The Bertz CT molecular complexity index is 714. The minimum absolute atomic E-state index is 0.0124. The van der Waals surface area contributed by atoms with Crippen LogP contribution in [-0.4, -0.2) is 24.8 Å². The highest BCUT2D eigenvalue weighted by molar-refractivity contribution is 5.95. The second-order valence-corrected chi connectivity index (χ2v) is 5.49. The third kappa shape index (κ3) is 4.91. The zero-order valence-electron chi connectivity index (χ0n) is 13.9. The van der Waals surface area contributed by atoms with Gasteiger partial charge in [0.2, 0.25) is 5.91 Å². The van der Waals surface area contributed by atoms with Gasteiger partial charge in [0.15, 0.2) is 5.78 Å². The summed E-state index contributed by atoms with van der Waals surface area (Å²) in [4.78, 5) is 25.2. The lowest BCUT2D eigenvalue weighted by Gasteiger charge is -2.22. The highest BCUT2D eigenvalue weighted by Gasteiger charge is 2.09. The van der Waals surface area contributed by atoms with Crippen molar-refractivity contribution in [1.29, 1.82) is 0 Å². The predicted octanol–water partition coefficient (Wildman–Crippen LogP) is 3.88. The van der Waals surface area contributed by atoms with Gasteiger partial charge < -0.3 is 10.2 Å². The normalized spacial score (nSPS) is 10.3. The molecule has 5 heteroatoms. The Hall–Kier alpha value is -2.69. The largest absolute Gasteiger partial charge is 0.371 e. The van der Waals surface area contributed by atoms with Crippen molar-refractivity contribution in [3.8, 4) is 0 Å². The summed E-state index contributed by atoms with van der Waals surface area (Å²) in [6.07, 6.45) is 0.290. The number of rotatable bonds is 7. The van der Waals surface area contributed by atoms with Crippen LogP contribution in [0.3, 0.4) is 0 Å². The smallest absolute Gasteiger partial charge is 0.226 e. The van der Waals surface area contributed by atoms with Crippen LogP contribution >= 0.6 is 0 Å². The molecule has 0 spiro atoms. The molecule has 1 N–H and O–H groups in total. The summed E-state index contributed by atoms with van der Waals surface area (Å²) in [7, 11) is 0. The van der Waals surface area contributed by atoms with E-state index in [0.717, 1.165) is 5.69 Å². The van der Waals surface area contributed by atoms with E-state index in [4.69, 9.17) is 0 Å². The molecule has 2 aromatic rings. The van der Waals surface area contributed by atoms with E-state index >= 15 is 0 Å². The molecule has 126 valence electrons. The van der Waals surface area contributed by atoms with E-state index in [0.29, 0.717) is 30.8 Å². The van der Waals surface area contributed by atoms with Crippen molar-refractivity contribution in [3.63, 3.8) is 0 Å². The monoisotopic (exact) mass is 328 g/mol. The van der Waals surface area contributed by atoms with Gasteiger partial charge in [0.1, 0.15) is 5.82 Å². The lowest BCUT2D eigenvalue weighted by atomic mass is 10.1. The Balaban J connectivity index is 1.90. The third-order valence-electron chi connectivity index (χ3n) is 3.74. The van der Waals surface area contributed by atoms with E-state index in [1.165, 1.54) is 19.1 Å². The van der Waals surface area contributed by atoms with Gasteiger partial charge in [-0.05, 0) is 56.3 Å². The number of hydrogen-bond acceptors (Lipinski definition) is 3. The number of nitrogens with zero attached hydrogens (tertiary/aromatic N) is 1. The van der Waals surface area contributed by atoms with Gasteiger partial charge in [-0.3, -0.25) is 9.59 Å². The number of anilines is 2. The molecule has 0 unspecified atom stereocenters. The molecule has 0 saturated heterocycles. The molecule has 0 aliphatic carbocycles. The second kappa shape index (κ2) is 8.24. The van der Waals surface area contributed by atoms with Gasteiger partial charge in [0, 0.05) is 36.4 Å². The molecule has 24 heavy (non-hydrogen) atoms. The van der Waals surface area contributed by atoms with Crippen molar-refractivity contribution in [2.24, 2.45) is 0 Å². The summed E-state index contributed by atoms with van der Waals surface area (Å²) in [5.41, 5.74) is 2.02. The maximum absolute atomic E-state index is 13.3. The van der Waals surface area contributed by atoms with Crippen molar-refractivity contribution in [2.45, 2.75) is 20.3 Å². The van der Waals surface area contributed by atoms with Crippen LogP contribution in [0, 0.1) is 5.82 Å². The number of carbonyl (C=O) groups excluding carboxylic acids is 2. The molecule has 4 nitrogen and oxygen atoms in total. The van der Waals surface area contributed by atoms with Gasteiger partial charge in [-0.2, -0.15) is 0 Å². The average Bonchev–Trinajstić information content (AvgIpc) is 2.56. The van der Waals surface area contributed by atoms with Gasteiger partial charge >= 0.3 is 0 Å². The molecule has 0 bridgehead atoms. The number of benzene rings is 2. The molecule has 0 fully saturated rings. The Morgan fingerprint density at radius 1 is 1.12 bits per heavy atom. The number of ketones is 1. The topological polar surface area (TPSA) is 49.4 Å². The number of nitrogens with one attached hydrogen (secondary N) is 1. The van der Waals surface area contributed by atoms with Crippen LogP contribution in [0.4, 0.5) is 15.8 Å². The minimum atomic E-state index is -0.291. The summed E-state index contributed by atoms with van der Waals surface area (Å²) in [6.45, 7) is 4.64. The van der Waals surface area contributed by atoms with Crippen molar-refractivity contribution in [2.75, 3.05) is 23.3 Å². The minimum Gasteiger partial charge on any atom is -0.371 e. The van der Waals surface area contributed by atoms with Crippen LogP contribution in [0.25, 0.3) is 0 Å². The first-order valence-corrected chi connectivity index (χ1v) is 7.91. The lowest BCUT2D eigenvalue weighted by Crippen LogP contribution is -2.27. The molecule has 0 saturated carbocycles. The molecule has 1 amide bonds. The van der Waals surface area contributed by atoms with Crippen LogP contribution < -0.4 is 10.2 Å². The van der Waals surface area contributed by atoms with Gasteiger partial charge in [0.25, 0.3) is 0 Å². The molecule has 0 heterocycles. The summed E-state index contributed by atoms with van der Waals surface area (Å²) >= 11 is 0. The number of halogens is 1. The van der Waals surface area contributed by atoms with E-state index in [1.54, 1.807) is 30.3 Å². The molecular formula is C19H21FN2O2. The maximum Gasteiger partial charge on any atom is 0.226 e. The fourth-order valence-electron chi connectivity index (χ4n) is 2.39. The quantitative estimate of drug-likeness (QED) is 0.785. The highest BCUT2D eigenvalue weighted by atomic mass is 19.1. The van der Waals surface area contributed by atoms with Crippen molar-refractivity contribution in [1.82, 2.24) is 0 Å². The van der Waals surface area contributed by atoms with Gasteiger partial charge in [-0.15, -0.1) is 0 Å². The zero-order valence-corrected chi connectivity index (χ0v) is 13.9. The number of hydrogen-bond donors (Lipinski definition) is 1. The average molecular weight is 328 g/mol. The van der Waals surface area contributed by atoms with E-state index in [1.807, 2.05) is 17.9 Å². The summed E-state index contributed by atoms with van der Waals surface area (Å²) in [5, 5.41) is 2.80. The second-order valence-electron chi connectivity index (χ2n) is 5.49. The first-order valence-electron chi connectivity index (χ1n) is 7.91. The van der Waals surface area contributed by atoms with E-state index < -0.39 is 0 Å². The SMILES string of the molecule is CCN(CCC(=O)Nc1ccc(C(C)=O)cc1)c1cccc(F)c1. The molecule has 2 rings (SSSR count). The fourth-order valence-corrected chi connectivity index (χ4v) is 2.39. The Labute approximate surface area is 141 Å². The number of Topliss-reactive ketones (excluding diaryl/α,β-unsaturated/α-hetero) is 1. The zero-order chi connectivity index (χ0) is 17.5. The van der Waals surface area contributed by atoms with Gasteiger partial charge in [0.05, 0.1) is 0 Å². The highest BCUT2D eigenvalue weighted by Crippen LogP contribution is 2.16. The van der Waals surface area contributed by atoms with E-state index in [-0.39, 0.29) is 17.5 Å².